The van der Waals surface area contributed by atoms with Crippen LogP contribution in [0.5, 0.6) is 17.2 Å². The Kier molecular flexibility index (Phi) is 7.81. The number of benzene rings is 2. The van der Waals surface area contributed by atoms with Gasteiger partial charge in [-0.1, -0.05) is 30.4 Å². The summed E-state index contributed by atoms with van der Waals surface area (Å²) in [7, 11) is 1.61. The number of carbonyl (C=O) groups is 2. The van der Waals surface area contributed by atoms with Gasteiger partial charge in [-0.3, -0.25) is 9.59 Å². The third-order valence-corrected chi connectivity index (χ3v) is 6.72. The number of rotatable bonds is 10. The summed E-state index contributed by atoms with van der Waals surface area (Å²) in [5.41, 5.74) is 1.73. The summed E-state index contributed by atoms with van der Waals surface area (Å²) in [6.45, 7) is 4.54. The molecule has 35 heavy (non-hydrogen) atoms. The maximum absolute atomic E-state index is 13.0. The van der Waals surface area contributed by atoms with E-state index in [4.69, 9.17) is 14.2 Å². The molecule has 2 amide bonds. The zero-order valence-corrected chi connectivity index (χ0v) is 20.8. The molecular weight excluding hydrogens is 468 g/mol. The minimum absolute atomic E-state index is 0.0154. The van der Waals surface area contributed by atoms with Gasteiger partial charge in [-0.25, -0.2) is 0 Å². The van der Waals surface area contributed by atoms with Gasteiger partial charge in [-0.15, -0.1) is 10.2 Å². The van der Waals surface area contributed by atoms with Crippen LogP contribution >= 0.6 is 11.3 Å². The van der Waals surface area contributed by atoms with Crippen LogP contribution in [0.2, 0.25) is 0 Å². The van der Waals surface area contributed by atoms with Crippen LogP contribution in [0, 0.1) is 0 Å². The Hall–Kier alpha value is -3.66. The highest BCUT2D eigenvalue weighted by Gasteiger charge is 2.21. The molecule has 1 atom stereocenters. The number of nitrogens with zero attached hydrogens (tertiary/aromatic N) is 3. The van der Waals surface area contributed by atoms with Crippen LogP contribution in [0.4, 0.5) is 5.13 Å². The molecule has 2 heterocycles. The number of nitrogens with one attached hydrogen (secondary N) is 1. The maximum Gasteiger partial charge on any atom is 0.231 e. The minimum atomic E-state index is -0.219. The van der Waals surface area contributed by atoms with E-state index in [2.05, 4.69) is 15.5 Å². The Bertz CT molecular complexity index is 1180. The quantitative estimate of drug-likeness (QED) is 0.450. The molecule has 0 radical (unpaired) electrons. The Morgan fingerprint density at radius 3 is 2.66 bits per heavy atom. The minimum Gasteiger partial charge on any atom is -0.497 e. The van der Waals surface area contributed by atoms with E-state index in [9.17, 15) is 9.59 Å². The van der Waals surface area contributed by atoms with Crippen molar-refractivity contribution in [3.8, 4) is 27.8 Å². The summed E-state index contributed by atoms with van der Waals surface area (Å²) in [5, 5.41) is 12.1. The van der Waals surface area contributed by atoms with Crippen molar-refractivity contribution in [2.45, 2.75) is 39.2 Å². The molecule has 184 valence electrons. The van der Waals surface area contributed by atoms with Crippen LogP contribution < -0.4 is 19.5 Å². The highest BCUT2D eigenvalue weighted by atomic mass is 32.1. The molecule has 0 aliphatic carbocycles. The summed E-state index contributed by atoms with van der Waals surface area (Å²) in [5.74, 6) is 1.86. The molecule has 1 aliphatic heterocycles. The SMILES string of the molecule is CCC(C)N(CCC(=O)Nc1nnc(-c2ccc3c(c2)OCO3)s1)C(=O)Cc1ccc(OC)cc1. The third-order valence-electron chi connectivity index (χ3n) is 5.83. The van der Waals surface area contributed by atoms with Crippen molar-refractivity contribution in [1.82, 2.24) is 15.1 Å². The maximum atomic E-state index is 13.0. The van der Waals surface area contributed by atoms with Gasteiger partial charge in [-0.2, -0.15) is 0 Å². The monoisotopic (exact) mass is 496 g/mol. The molecule has 1 aromatic heterocycles. The predicted octanol–water partition coefficient (Wildman–Crippen LogP) is 4.14. The molecule has 0 spiro atoms. The smallest absolute Gasteiger partial charge is 0.231 e. The first-order valence-electron chi connectivity index (χ1n) is 11.4. The van der Waals surface area contributed by atoms with E-state index < -0.39 is 0 Å². The lowest BCUT2D eigenvalue weighted by Gasteiger charge is -2.28. The van der Waals surface area contributed by atoms with E-state index in [0.29, 0.717) is 28.2 Å². The fraction of sp³-hybridized carbons (Fsp3) is 0.360. The first kappa shape index (κ1) is 24.5. The van der Waals surface area contributed by atoms with E-state index in [-0.39, 0.29) is 37.5 Å². The Morgan fingerprint density at radius 1 is 1.14 bits per heavy atom. The lowest BCUT2D eigenvalue weighted by molar-refractivity contribution is -0.133. The number of ether oxygens (including phenoxy) is 3. The number of hydrogen-bond donors (Lipinski definition) is 1. The average molecular weight is 497 g/mol. The number of aromatic nitrogens is 2. The van der Waals surface area contributed by atoms with Crippen molar-refractivity contribution in [3.63, 3.8) is 0 Å². The van der Waals surface area contributed by atoms with E-state index in [0.717, 1.165) is 23.3 Å². The Morgan fingerprint density at radius 2 is 1.91 bits per heavy atom. The third kappa shape index (κ3) is 6.07. The van der Waals surface area contributed by atoms with Gasteiger partial charge in [0, 0.05) is 24.6 Å². The number of methoxy groups -OCH3 is 1. The van der Waals surface area contributed by atoms with Crippen LogP contribution in [-0.2, 0) is 16.0 Å². The van der Waals surface area contributed by atoms with Crippen molar-refractivity contribution >= 4 is 28.3 Å². The second-order valence-electron chi connectivity index (χ2n) is 8.15. The molecule has 0 fully saturated rings. The summed E-state index contributed by atoms with van der Waals surface area (Å²) in [6, 6.07) is 13.0. The Balaban J connectivity index is 1.33. The molecular formula is C25H28N4O5S. The number of amides is 2. The van der Waals surface area contributed by atoms with Gasteiger partial charge in [0.05, 0.1) is 13.5 Å². The van der Waals surface area contributed by atoms with Gasteiger partial charge < -0.3 is 24.4 Å². The lowest BCUT2D eigenvalue weighted by atomic mass is 10.1. The molecule has 0 saturated carbocycles. The topological polar surface area (TPSA) is 103 Å². The van der Waals surface area contributed by atoms with E-state index in [1.165, 1.54) is 11.3 Å². The van der Waals surface area contributed by atoms with Crippen molar-refractivity contribution < 1.29 is 23.8 Å². The predicted molar refractivity (Wildman–Crippen MR) is 133 cm³/mol. The van der Waals surface area contributed by atoms with Gasteiger partial charge in [0.15, 0.2) is 11.5 Å². The molecule has 10 heteroatoms. The van der Waals surface area contributed by atoms with Gasteiger partial charge in [0.25, 0.3) is 0 Å². The standard InChI is InChI=1S/C25H28N4O5S/c1-4-16(2)29(23(31)13-17-5-8-19(32-3)9-6-17)12-11-22(30)26-25-28-27-24(35-25)18-7-10-20-21(14-18)34-15-33-20/h5-10,14,16H,4,11-13,15H2,1-3H3,(H,26,28,30). The number of fused-ring (bicyclic) bond motifs is 1. The highest BCUT2D eigenvalue weighted by Crippen LogP contribution is 2.37. The second kappa shape index (κ2) is 11.2. The van der Waals surface area contributed by atoms with Gasteiger partial charge in [0.1, 0.15) is 10.8 Å². The Labute approximate surface area is 208 Å². The van der Waals surface area contributed by atoms with Crippen molar-refractivity contribution in [1.29, 1.82) is 0 Å². The van der Waals surface area contributed by atoms with Gasteiger partial charge in [-0.05, 0) is 49.2 Å². The number of carbonyl (C=O) groups excluding carboxylic acids is 2. The summed E-state index contributed by atoms with van der Waals surface area (Å²) in [6.07, 6.45) is 1.23. The van der Waals surface area contributed by atoms with E-state index in [1.54, 1.807) is 12.0 Å². The van der Waals surface area contributed by atoms with Crippen molar-refractivity contribution in [2.75, 3.05) is 25.8 Å². The average Bonchev–Trinajstić information content (AvgIpc) is 3.53. The van der Waals surface area contributed by atoms with E-state index >= 15 is 0 Å². The fourth-order valence-corrected chi connectivity index (χ4v) is 4.41. The van der Waals surface area contributed by atoms with E-state index in [1.807, 2.05) is 56.3 Å². The lowest BCUT2D eigenvalue weighted by Crippen LogP contribution is -2.41. The molecule has 2 aromatic carbocycles. The first-order valence-corrected chi connectivity index (χ1v) is 12.2. The van der Waals surface area contributed by atoms with Crippen LogP contribution in [0.3, 0.4) is 0 Å². The second-order valence-corrected chi connectivity index (χ2v) is 9.13. The normalized spacial score (nSPS) is 12.8. The molecule has 4 rings (SSSR count). The molecule has 3 aromatic rings. The van der Waals surface area contributed by atoms with Crippen LogP contribution in [0.25, 0.3) is 10.6 Å². The van der Waals surface area contributed by atoms with Gasteiger partial charge in [0.2, 0.25) is 23.7 Å². The number of anilines is 1. The highest BCUT2D eigenvalue weighted by molar-refractivity contribution is 7.18. The fourth-order valence-electron chi connectivity index (χ4n) is 3.65. The molecule has 0 saturated heterocycles. The summed E-state index contributed by atoms with van der Waals surface area (Å²) >= 11 is 1.27. The zero-order chi connectivity index (χ0) is 24.8. The zero-order valence-electron chi connectivity index (χ0n) is 19.9. The van der Waals surface area contributed by atoms with Crippen LogP contribution in [-0.4, -0.2) is 53.4 Å². The van der Waals surface area contributed by atoms with Crippen molar-refractivity contribution in [3.05, 3.63) is 48.0 Å². The summed E-state index contributed by atoms with van der Waals surface area (Å²) < 4.78 is 15.9. The molecule has 1 aliphatic rings. The van der Waals surface area contributed by atoms with Crippen LogP contribution in [0.1, 0.15) is 32.3 Å². The number of hydrogen-bond acceptors (Lipinski definition) is 8. The molecule has 0 bridgehead atoms. The molecule has 9 nitrogen and oxygen atoms in total. The van der Waals surface area contributed by atoms with Crippen LogP contribution in [0.15, 0.2) is 42.5 Å². The summed E-state index contributed by atoms with van der Waals surface area (Å²) in [4.78, 5) is 27.4. The first-order chi connectivity index (χ1) is 17.0. The van der Waals surface area contributed by atoms with Gasteiger partial charge >= 0.3 is 0 Å². The molecule has 1 unspecified atom stereocenters. The molecule has 1 N–H and O–H groups in total. The van der Waals surface area contributed by atoms with Crippen molar-refractivity contribution in [2.24, 2.45) is 0 Å². The largest absolute Gasteiger partial charge is 0.497 e.